The lowest BCUT2D eigenvalue weighted by Gasteiger charge is -2.39. The molecule has 1 aliphatic carbocycles. The third kappa shape index (κ3) is 4.10. The molecule has 2 rings (SSSR count). The summed E-state index contributed by atoms with van der Waals surface area (Å²) >= 11 is 3.58. The first-order valence-electron chi connectivity index (χ1n) is 7.03. The molecule has 1 amide bonds. The SMILES string of the molecule is CC1CCCC(CBr)(NC(=O)CCc2ccco2)C1. The van der Waals surface area contributed by atoms with E-state index in [1.807, 2.05) is 12.1 Å². The fraction of sp³-hybridized carbons (Fsp3) is 0.667. The smallest absolute Gasteiger partial charge is 0.220 e. The molecule has 0 saturated heterocycles. The van der Waals surface area contributed by atoms with E-state index in [4.69, 9.17) is 4.42 Å². The first-order valence-corrected chi connectivity index (χ1v) is 8.15. The van der Waals surface area contributed by atoms with Crippen LogP contribution in [0.3, 0.4) is 0 Å². The van der Waals surface area contributed by atoms with E-state index in [0.717, 1.165) is 23.9 Å². The van der Waals surface area contributed by atoms with Crippen molar-refractivity contribution < 1.29 is 9.21 Å². The predicted molar refractivity (Wildman–Crippen MR) is 79.3 cm³/mol. The number of rotatable bonds is 5. The summed E-state index contributed by atoms with van der Waals surface area (Å²) in [7, 11) is 0. The van der Waals surface area contributed by atoms with Crippen molar-refractivity contribution in [2.45, 2.75) is 51.0 Å². The maximum absolute atomic E-state index is 12.1. The number of amides is 1. The summed E-state index contributed by atoms with van der Waals surface area (Å²) in [5, 5.41) is 4.09. The summed E-state index contributed by atoms with van der Waals surface area (Å²) in [6.07, 6.45) is 7.45. The van der Waals surface area contributed by atoms with Crippen molar-refractivity contribution in [3.8, 4) is 0 Å². The van der Waals surface area contributed by atoms with Gasteiger partial charge in [0.25, 0.3) is 0 Å². The molecule has 1 heterocycles. The molecule has 1 fully saturated rings. The normalized spacial score (nSPS) is 27.2. The highest BCUT2D eigenvalue weighted by molar-refractivity contribution is 9.09. The van der Waals surface area contributed by atoms with Crippen molar-refractivity contribution in [1.29, 1.82) is 0 Å². The van der Waals surface area contributed by atoms with E-state index in [1.165, 1.54) is 12.8 Å². The van der Waals surface area contributed by atoms with Gasteiger partial charge in [-0.3, -0.25) is 4.79 Å². The Morgan fingerprint density at radius 3 is 3.11 bits per heavy atom. The van der Waals surface area contributed by atoms with Crippen LogP contribution in [0.25, 0.3) is 0 Å². The molecule has 1 N–H and O–H groups in total. The summed E-state index contributed by atoms with van der Waals surface area (Å²) in [6, 6.07) is 3.77. The molecule has 0 bridgehead atoms. The molecular weight excluding hydrogens is 306 g/mol. The molecule has 1 aromatic heterocycles. The van der Waals surface area contributed by atoms with E-state index >= 15 is 0 Å². The van der Waals surface area contributed by atoms with Crippen LogP contribution in [-0.2, 0) is 11.2 Å². The van der Waals surface area contributed by atoms with Gasteiger partial charge in [-0.25, -0.2) is 0 Å². The van der Waals surface area contributed by atoms with Crippen molar-refractivity contribution in [3.63, 3.8) is 0 Å². The zero-order valence-electron chi connectivity index (χ0n) is 11.5. The van der Waals surface area contributed by atoms with Gasteiger partial charge in [0.05, 0.1) is 6.26 Å². The molecule has 2 unspecified atom stereocenters. The second kappa shape index (κ2) is 6.60. The van der Waals surface area contributed by atoms with Gasteiger partial charge in [0.1, 0.15) is 5.76 Å². The first kappa shape index (κ1) is 14.6. The van der Waals surface area contributed by atoms with E-state index in [9.17, 15) is 4.79 Å². The molecule has 0 aliphatic heterocycles. The van der Waals surface area contributed by atoms with Gasteiger partial charge >= 0.3 is 0 Å². The number of carbonyl (C=O) groups is 1. The second-order valence-electron chi connectivity index (χ2n) is 5.74. The molecule has 1 saturated carbocycles. The molecule has 0 aromatic carbocycles. The van der Waals surface area contributed by atoms with Gasteiger partial charge in [0, 0.05) is 23.7 Å². The van der Waals surface area contributed by atoms with Crippen LogP contribution >= 0.6 is 15.9 Å². The fourth-order valence-electron chi connectivity index (χ4n) is 2.98. The maximum atomic E-state index is 12.1. The lowest BCUT2D eigenvalue weighted by Crippen LogP contribution is -2.52. The van der Waals surface area contributed by atoms with Gasteiger partial charge in [0.15, 0.2) is 0 Å². The Morgan fingerprint density at radius 2 is 2.47 bits per heavy atom. The van der Waals surface area contributed by atoms with E-state index in [1.54, 1.807) is 6.26 Å². The number of furan rings is 1. The van der Waals surface area contributed by atoms with Crippen LogP contribution in [0.5, 0.6) is 0 Å². The Labute approximate surface area is 123 Å². The van der Waals surface area contributed by atoms with Crippen molar-refractivity contribution in [3.05, 3.63) is 24.2 Å². The van der Waals surface area contributed by atoms with Crippen molar-refractivity contribution in [1.82, 2.24) is 5.32 Å². The zero-order valence-corrected chi connectivity index (χ0v) is 13.0. The van der Waals surface area contributed by atoms with E-state index in [0.29, 0.717) is 18.8 Å². The Bertz CT molecular complexity index is 404. The molecule has 0 radical (unpaired) electrons. The number of hydrogen-bond donors (Lipinski definition) is 1. The number of alkyl halides is 1. The minimum atomic E-state index is -0.0437. The van der Waals surface area contributed by atoms with Crippen LogP contribution in [0.15, 0.2) is 22.8 Å². The van der Waals surface area contributed by atoms with Gasteiger partial charge < -0.3 is 9.73 Å². The van der Waals surface area contributed by atoms with Gasteiger partial charge in [0.2, 0.25) is 5.91 Å². The average Bonchev–Trinajstić information content (AvgIpc) is 2.89. The number of hydrogen-bond acceptors (Lipinski definition) is 2. The molecule has 1 aliphatic rings. The quantitative estimate of drug-likeness (QED) is 0.838. The molecule has 1 aromatic rings. The lowest BCUT2D eigenvalue weighted by molar-refractivity contribution is -0.123. The van der Waals surface area contributed by atoms with Gasteiger partial charge in [-0.1, -0.05) is 35.7 Å². The Morgan fingerprint density at radius 1 is 1.63 bits per heavy atom. The third-order valence-electron chi connectivity index (χ3n) is 3.93. The van der Waals surface area contributed by atoms with Crippen molar-refractivity contribution >= 4 is 21.8 Å². The summed E-state index contributed by atoms with van der Waals surface area (Å²) in [6.45, 7) is 2.27. The second-order valence-corrected chi connectivity index (χ2v) is 6.30. The highest BCUT2D eigenvalue weighted by Crippen LogP contribution is 2.33. The number of nitrogens with one attached hydrogen (secondary N) is 1. The summed E-state index contributed by atoms with van der Waals surface area (Å²) < 4.78 is 5.25. The number of halogens is 1. The highest BCUT2D eigenvalue weighted by atomic mass is 79.9. The Hall–Kier alpha value is -0.770. The molecule has 106 valence electrons. The minimum Gasteiger partial charge on any atom is -0.469 e. The van der Waals surface area contributed by atoms with Crippen LogP contribution < -0.4 is 5.32 Å². The lowest BCUT2D eigenvalue weighted by atomic mass is 9.77. The van der Waals surface area contributed by atoms with Crippen LogP contribution in [0.2, 0.25) is 0 Å². The first-order chi connectivity index (χ1) is 9.13. The molecule has 3 nitrogen and oxygen atoms in total. The zero-order chi connectivity index (χ0) is 13.7. The topological polar surface area (TPSA) is 42.2 Å². The monoisotopic (exact) mass is 327 g/mol. The van der Waals surface area contributed by atoms with Crippen LogP contribution in [0.1, 0.15) is 44.8 Å². The average molecular weight is 328 g/mol. The largest absolute Gasteiger partial charge is 0.469 e. The fourth-order valence-corrected chi connectivity index (χ4v) is 3.63. The Balaban J connectivity index is 1.85. The number of aryl methyl sites for hydroxylation is 1. The number of carbonyl (C=O) groups excluding carboxylic acids is 1. The predicted octanol–water partition coefficient (Wildman–Crippen LogP) is 3.67. The highest BCUT2D eigenvalue weighted by Gasteiger charge is 2.35. The summed E-state index contributed by atoms with van der Waals surface area (Å²) in [5.74, 6) is 1.70. The van der Waals surface area contributed by atoms with E-state index < -0.39 is 0 Å². The van der Waals surface area contributed by atoms with Crippen LogP contribution in [0.4, 0.5) is 0 Å². The van der Waals surface area contributed by atoms with Crippen molar-refractivity contribution in [2.75, 3.05) is 5.33 Å². The molecule has 0 spiro atoms. The molecule has 19 heavy (non-hydrogen) atoms. The van der Waals surface area contributed by atoms with Crippen LogP contribution in [0, 0.1) is 5.92 Å². The molecule has 2 atom stereocenters. The summed E-state index contributed by atoms with van der Waals surface area (Å²) in [5.41, 5.74) is -0.0437. The van der Waals surface area contributed by atoms with Gasteiger partial charge in [-0.05, 0) is 30.9 Å². The van der Waals surface area contributed by atoms with E-state index in [-0.39, 0.29) is 11.4 Å². The maximum Gasteiger partial charge on any atom is 0.220 e. The summed E-state index contributed by atoms with van der Waals surface area (Å²) in [4.78, 5) is 12.1. The van der Waals surface area contributed by atoms with Gasteiger partial charge in [-0.2, -0.15) is 0 Å². The molecule has 4 heteroatoms. The third-order valence-corrected chi connectivity index (χ3v) is 5.00. The standard InChI is InChI=1S/C15H22BrNO2/c1-12-4-2-8-15(10-12,11-16)17-14(18)7-6-13-5-3-9-19-13/h3,5,9,12H,2,4,6-8,10-11H2,1H3,(H,17,18). The van der Waals surface area contributed by atoms with Crippen LogP contribution in [-0.4, -0.2) is 16.8 Å². The van der Waals surface area contributed by atoms with E-state index in [2.05, 4.69) is 28.2 Å². The molecular formula is C15H22BrNO2. The van der Waals surface area contributed by atoms with Gasteiger partial charge in [-0.15, -0.1) is 0 Å². The Kier molecular flexibility index (Phi) is 5.08. The van der Waals surface area contributed by atoms with Crippen molar-refractivity contribution in [2.24, 2.45) is 5.92 Å². The minimum absolute atomic E-state index is 0.0437.